The van der Waals surface area contributed by atoms with Crippen molar-refractivity contribution in [2.75, 3.05) is 0 Å². The van der Waals surface area contributed by atoms with Gasteiger partial charge in [-0.05, 0) is 0 Å². The molecule has 0 amide bonds. The van der Waals surface area contributed by atoms with Crippen LogP contribution >= 0.6 is 0 Å². The Kier molecular flexibility index (Phi) is 13.3. The van der Waals surface area contributed by atoms with E-state index in [1.165, 1.54) is 0 Å². The van der Waals surface area contributed by atoms with Crippen molar-refractivity contribution >= 4 is 8.56 Å². The van der Waals surface area contributed by atoms with Gasteiger partial charge in [0.05, 0.1) is 0 Å². The average Bonchev–Trinajstić information content (AvgIpc) is 2.86. The average molecular weight is 1000 g/mol. The first kappa shape index (κ1) is 56.4. The minimum absolute atomic E-state index is 6.31. The number of hydrogen-bond donors (Lipinski definition) is 0. The van der Waals surface area contributed by atoms with Gasteiger partial charge in [0.2, 0.25) is 0 Å². The Bertz CT molecular complexity index is 1360. The summed E-state index contributed by atoms with van der Waals surface area (Å²) < 4.78 is 513. The van der Waals surface area contributed by atoms with Gasteiger partial charge >= 0.3 is 105 Å². The van der Waals surface area contributed by atoms with Gasteiger partial charge in [0.1, 0.15) is 0 Å². The third-order valence-electron chi connectivity index (χ3n) is 6.39. The molecule has 0 N–H and O–H groups in total. The smallest absolute Gasteiger partial charge is 0.199 e. The molecular formula is C16F39N3Si. The van der Waals surface area contributed by atoms with E-state index in [2.05, 4.69) is 0 Å². The van der Waals surface area contributed by atoms with Crippen LogP contribution in [0.4, 0.5) is 171 Å². The quantitative estimate of drug-likeness (QED) is 0.110. The number of nitrogens with zero attached hydrogens (tertiary/aromatic N) is 3. The summed E-state index contributed by atoms with van der Waals surface area (Å²) in [6, 6.07) is 0. The second-order valence-electron chi connectivity index (χ2n) is 10.1. The van der Waals surface area contributed by atoms with Gasteiger partial charge in [0, 0.05) is 0 Å². The molecule has 0 aliphatic heterocycles. The molecule has 3 nitrogen and oxygen atoms in total. The van der Waals surface area contributed by atoms with Crippen LogP contribution in [0.2, 0.25) is 0 Å². The molecule has 0 saturated heterocycles. The van der Waals surface area contributed by atoms with Crippen LogP contribution in [0.5, 0.6) is 0 Å². The topological polar surface area (TPSA) is 9.72 Å². The van der Waals surface area contributed by atoms with E-state index < -0.39 is 119 Å². The van der Waals surface area contributed by atoms with Crippen molar-refractivity contribution in [3.8, 4) is 0 Å². The first-order chi connectivity index (χ1) is 24.6. The first-order valence-electron chi connectivity index (χ1n) is 11.9. The molecule has 59 heavy (non-hydrogen) atoms. The summed E-state index contributed by atoms with van der Waals surface area (Å²) in [6.07, 6.45) is -66.4. The molecule has 0 unspecified atom stereocenters. The highest BCUT2D eigenvalue weighted by Crippen LogP contribution is 2.69. The summed E-state index contributed by atoms with van der Waals surface area (Å²) in [5, 5.41) is 0. The van der Waals surface area contributed by atoms with E-state index in [4.69, 9.17) is 0 Å². The predicted molar refractivity (Wildman–Crippen MR) is 98.2 cm³/mol. The maximum Gasteiger partial charge on any atom is 0.462 e. The molecule has 356 valence electrons. The highest BCUT2D eigenvalue weighted by molar-refractivity contribution is 6.75. The Labute approximate surface area is 292 Å². The van der Waals surface area contributed by atoms with E-state index in [1.807, 2.05) is 0 Å². The Balaban J connectivity index is 9.52. The molecule has 0 bridgehead atoms. The number of hydrogen-bond acceptors (Lipinski definition) is 3. The fourth-order valence-corrected chi connectivity index (χ4v) is 8.12. The summed E-state index contributed by atoms with van der Waals surface area (Å²) in [6.45, 7) is 0. The second kappa shape index (κ2) is 13.9. The number of alkyl halides is 39. The minimum atomic E-state index is -13.8. The van der Waals surface area contributed by atoms with Crippen LogP contribution in [-0.2, 0) is 0 Å². The highest BCUT2D eigenvalue weighted by atomic mass is 28.4. The Morgan fingerprint density at radius 3 is 0.458 bits per heavy atom. The lowest BCUT2D eigenvalue weighted by molar-refractivity contribution is -0.474. The third kappa shape index (κ3) is 7.89. The number of rotatable bonds is 12. The van der Waals surface area contributed by atoms with Crippen LogP contribution in [0.1, 0.15) is 0 Å². The van der Waals surface area contributed by atoms with E-state index in [-0.39, 0.29) is 0 Å². The van der Waals surface area contributed by atoms with Crippen LogP contribution in [-0.4, -0.2) is 119 Å². The normalized spacial score (nSPS) is 17.2. The fourth-order valence-electron chi connectivity index (χ4n) is 3.98. The highest BCUT2D eigenvalue weighted by Gasteiger charge is 3.03. The van der Waals surface area contributed by atoms with E-state index in [9.17, 15) is 162 Å². The van der Waals surface area contributed by atoms with Crippen LogP contribution in [0.15, 0.2) is 0 Å². The van der Waals surface area contributed by atoms with Crippen molar-refractivity contribution in [3.63, 3.8) is 0 Å². The van der Waals surface area contributed by atoms with Gasteiger partial charge in [0.15, 0.2) is 0 Å². The van der Waals surface area contributed by atoms with Gasteiger partial charge < -0.3 is 0 Å². The largest absolute Gasteiger partial charge is 0.462 e. The van der Waals surface area contributed by atoms with Gasteiger partial charge in [-0.2, -0.15) is 171 Å². The fraction of sp³-hybridized carbons (Fsp3) is 1.00. The molecule has 0 aromatic rings. The lowest BCUT2D eigenvalue weighted by Gasteiger charge is -2.57. The second-order valence-corrected chi connectivity index (χ2v) is 13.4. The van der Waals surface area contributed by atoms with Gasteiger partial charge in [-0.15, -0.1) is 13.7 Å². The van der Waals surface area contributed by atoms with Crippen LogP contribution < -0.4 is 0 Å². The van der Waals surface area contributed by atoms with E-state index in [1.54, 1.807) is 0 Å². The standard InChI is InChI=1S/C16F39N3Si/c17-1(18,3(21,22)5(25,26)7(29,30)9(33,34)35)2(19,20)4(23,24)6(27,28)8(31,32)10(36,37)59(56(11(38,39)40)12(41,42)43,57(13(44,45)46)14(47,48)49)58(15(50,51)52)16(53,54)55. The molecule has 0 aromatic carbocycles. The zero-order valence-electron chi connectivity index (χ0n) is 24.6. The molecular weight excluding hydrogens is 1000 g/mol. The molecule has 0 aliphatic rings. The van der Waals surface area contributed by atoms with Gasteiger partial charge in [0.25, 0.3) is 0 Å². The van der Waals surface area contributed by atoms with Crippen molar-refractivity contribution in [1.29, 1.82) is 0 Å². The van der Waals surface area contributed by atoms with Crippen LogP contribution in [0.3, 0.4) is 0 Å². The summed E-state index contributed by atoms with van der Waals surface area (Å²) in [5.41, 5.74) is -11.3. The molecule has 0 heterocycles. The molecule has 0 spiro atoms. The van der Waals surface area contributed by atoms with E-state index >= 15 is 8.78 Å². The Hall–Kier alpha value is -2.63. The Morgan fingerprint density at radius 1 is 0.186 bits per heavy atom. The van der Waals surface area contributed by atoms with Crippen molar-refractivity contribution in [2.45, 2.75) is 96.9 Å². The van der Waals surface area contributed by atoms with Crippen LogP contribution in [0, 0.1) is 0 Å². The van der Waals surface area contributed by atoms with Gasteiger partial charge in [-0.1, -0.05) is 0 Å². The molecule has 0 aliphatic carbocycles. The van der Waals surface area contributed by atoms with Crippen LogP contribution in [0.25, 0.3) is 0 Å². The van der Waals surface area contributed by atoms with Crippen molar-refractivity contribution in [3.05, 3.63) is 0 Å². The lowest BCUT2D eigenvalue weighted by Crippen LogP contribution is -2.96. The Morgan fingerprint density at radius 2 is 0.322 bits per heavy atom. The van der Waals surface area contributed by atoms with Crippen molar-refractivity contribution in [2.24, 2.45) is 0 Å². The molecule has 0 aromatic heterocycles. The van der Waals surface area contributed by atoms with E-state index in [0.717, 1.165) is 0 Å². The van der Waals surface area contributed by atoms with Crippen molar-refractivity contribution < 1.29 is 171 Å². The lowest BCUT2D eigenvalue weighted by atomic mass is 9.87. The zero-order valence-corrected chi connectivity index (χ0v) is 25.6. The molecule has 43 heteroatoms. The summed E-state index contributed by atoms with van der Waals surface area (Å²) in [5.74, 6) is -82.8. The SMILES string of the molecule is FC(F)(F)N(C(F)(F)F)[Si](N(C(F)(F)F)C(F)(F)F)(N(C(F)(F)F)C(F)(F)F)C(F)(F)C(F)(F)C(F)(F)C(F)(F)C(F)(F)C(F)(F)C(F)(F)C(F)(F)C(F)(F)C(F)(F)F. The predicted octanol–water partition coefficient (Wildman–Crippen LogP) is 11.8. The molecule has 0 rings (SSSR count). The van der Waals surface area contributed by atoms with E-state index in [0.29, 0.717) is 0 Å². The zero-order chi connectivity index (χ0) is 49.2. The third-order valence-corrected chi connectivity index (χ3v) is 10.9. The maximum atomic E-state index is 15.3. The summed E-state index contributed by atoms with van der Waals surface area (Å²) >= 11 is 0. The minimum Gasteiger partial charge on any atom is -0.199 e. The van der Waals surface area contributed by atoms with Crippen molar-refractivity contribution in [1.82, 2.24) is 13.7 Å². The van der Waals surface area contributed by atoms with Gasteiger partial charge in [-0.3, -0.25) is 0 Å². The monoisotopic (exact) mass is 1000 g/mol. The summed E-state index contributed by atoms with van der Waals surface area (Å²) in [4.78, 5) is 0. The molecule has 0 fully saturated rings. The number of halogens is 39. The molecule has 0 saturated carbocycles. The molecule has 0 radical (unpaired) electrons. The van der Waals surface area contributed by atoms with Gasteiger partial charge in [-0.25, -0.2) is 0 Å². The first-order valence-corrected chi connectivity index (χ1v) is 13.7. The maximum absolute atomic E-state index is 15.3. The summed E-state index contributed by atoms with van der Waals surface area (Å²) in [7, 11) is -13.8. The molecule has 0 atom stereocenters.